The number of fused-ring (bicyclic) bond motifs is 2. The standard InChI is InChI=1S/C30H39N5O2/c1-21(2)29-33-32-22(3)35(29)27-18-25-14-15-26(19-27)34(25)17-16-28(24-12-8-5-9-13-24)31-30(36)37-20-23-10-6-4-7-11-23/h4-13,21,25-28H,14-20H2,1-3H3,(H,31,36)/t25-,26+,27?,28-/m0/s1. The van der Waals surface area contributed by atoms with E-state index in [1.807, 2.05) is 48.5 Å². The fraction of sp³-hybridized carbons (Fsp3) is 0.500. The smallest absolute Gasteiger partial charge is 0.407 e. The van der Waals surface area contributed by atoms with E-state index in [9.17, 15) is 4.79 Å². The van der Waals surface area contributed by atoms with Crippen molar-refractivity contribution in [2.45, 2.75) is 89.6 Å². The average Bonchev–Trinajstić information content (AvgIpc) is 3.41. The molecule has 0 aliphatic carbocycles. The van der Waals surface area contributed by atoms with Crippen molar-refractivity contribution in [1.29, 1.82) is 0 Å². The van der Waals surface area contributed by atoms with E-state index in [4.69, 9.17) is 4.74 Å². The molecular formula is C30H39N5O2. The molecule has 3 aromatic rings. The van der Waals surface area contributed by atoms with Gasteiger partial charge in [-0.2, -0.15) is 0 Å². The van der Waals surface area contributed by atoms with Crippen molar-refractivity contribution in [3.05, 3.63) is 83.4 Å². The number of hydrogen-bond acceptors (Lipinski definition) is 5. The van der Waals surface area contributed by atoms with Gasteiger partial charge in [0.1, 0.15) is 18.3 Å². The van der Waals surface area contributed by atoms with Crippen LogP contribution in [0.25, 0.3) is 0 Å². The molecule has 3 heterocycles. The molecule has 7 heteroatoms. The minimum atomic E-state index is -0.372. The van der Waals surface area contributed by atoms with Crippen LogP contribution in [0.5, 0.6) is 0 Å². The monoisotopic (exact) mass is 501 g/mol. The molecule has 1 aromatic heterocycles. The van der Waals surface area contributed by atoms with Crippen molar-refractivity contribution in [1.82, 2.24) is 25.0 Å². The molecule has 2 fully saturated rings. The number of piperidine rings is 1. The van der Waals surface area contributed by atoms with Crippen LogP contribution < -0.4 is 5.32 Å². The van der Waals surface area contributed by atoms with Crippen LogP contribution in [0, 0.1) is 6.92 Å². The van der Waals surface area contributed by atoms with Gasteiger partial charge in [-0.1, -0.05) is 74.5 Å². The Morgan fingerprint density at radius 2 is 1.62 bits per heavy atom. The zero-order chi connectivity index (χ0) is 25.8. The zero-order valence-electron chi connectivity index (χ0n) is 22.2. The molecule has 0 radical (unpaired) electrons. The number of hydrogen-bond donors (Lipinski definition) is 1. The summed E-state index contributed by atoms with van der Waals surface area (Å²) in [4.78, 5) is 15.4. The maximum Gasteiger partial charge on any atom is 0.407 e. The first kappa shape index (κ1) is 25.5. The van der Waals surface area contributed by atoms with Crippen LogP contribution in [0.2, 0.25) is 0 Å². The SMILES string of the molecule is Cc1nnc(C(C)C)n1C1C[C@H]2CC[C@@H](C1)N2CC[C@H](NC(=O)OCc1ccccc1)c1ccccc1. The highest BCUT2D eigenvalue weighted by atomic mass is 16.5. The Labute approximate surface area is 220 Å². The highest BCUT2D eigenvalue weighted by Crippen LogP contribution is 2.42. The topological polar surface area (TPSA) is 72.3 Å². The van der Waals surface area contributed by atoms with Gasteiger partial charge in [0.2, 0.25) is 0 Å². The second kappa shape index (κ2) is 11.5. The summed E-state index contributed by atoms with van der Waals surface area (Å²) in [5, 5.41) is 12.0. The number of carbonyl (C=O) groups is 1. The van der Waals surface area contributed by atoms with Crippen LogP contribution in [-0.4, -0.2) is 44.4 Å². The Hall–Kier alpha value is -3.19. The van der Waals surface area contributed by atoms with E-state index >= 15 is 0 Å². The predicted octanol–water partition coefficient (Wildman–Crippen LogP) is 5.94. The van der Waals surface area contributed by atoms with Gasteiger partial charge in [-0.25, -0.2) is 4.79 Å². The van der Waals surface area contributed by atoms with Gasteiger partial charge >= 0.3 is 6.09 Å². The predicted molar refractivity (Wildman–Crippen MR) is 144 cm³/mol. The van der Waals surface area contributed by atoms with E-state index in [0.29, 0.717) is 24.0 Å². The van der Waals surface area contributed by atoms with Crippen molar-refractivity contribution < 1.29 is 9.53 Å². The van der Waals surface area contributed by atoms with Gasteiger partial charge in [-0.15, -0.1) is 10.2 Å². The number of carbonyl (C=O) groups excluding carboxylic acids is 1. The molecule has 4 atom stereocenters. The molecule has 2 bridgehead atoms. The first-order chi connectivity index (χ1) is 18.0. The third kappa shape index (κ3) is 5.87. The Bertz CT molecular complexity index is 1150. The van der Waals surface area contributed by atoms with E-state index < -0.39 is 0 Å². The fourth-order valence-electron chi connectivity index (χ4n) is 6.24. The summed E-state index contributed by atoms with van der Waals surface area (Å²) < 4.78 is 7.95. The molecule has 2 aliphatic rings. The van der Waals surface area contributed by atoms with Crippen molar-refractivity contribution in [3.8, 4) is 0 Å². The van der Waals surface area contributed by atoms with Gasteiger partial charge in [-0.05, 0) is 50.2 Å². The third-order valence-corrected chi connectivity index (χ3v) is 8.02. The molecule has 0 saturated carbocycles. The number of benzene rings is 2. The Morgan fingerprint density at radius 1 is 0.973 bits per heavy atom. The summed E-state index contributed by atoms with van der Waals surface area (Å²) in [5.41, 5.74) is 2.10. The summed E-state index contributed by atoms with van der Waals surface area (Å²) in [7, 11) is 0. The van der Waals surface area contributed by atoms with Crippen LogP contribution in [-0.2, 0) is 11.3 Å². The molecule has 5 rings (SSSR count). The molecule has 196 valence electrons. The van der Waals surface area contributed by atoms with Crippen molar-refractivity contribution in [3.63, 3.8) is 0 Å². The normalized spacial score (nSPS) is 22.2. The number of nitrogens with zero attached hydrogens (tertiary/aromatic N) is 4. The Kier molecular flexibility index (Phi) is 7.89. The number of aromatic nitrogens is 3. The maximum atomic E-state index is 12.7. The Balaban J connectivity index is 1.22. The third-order valence-electron chi connectivity index (χ3n) is 8.02. The minimum Gasteiger partial charge on any atom is -0.445 e. The molecule has 0 spiro atoms. The number of alkyl carbamates (subject to hydrolysis) is 1. The summed E-state index contributed by atoms with van der Waals surface area (Å²) in [5.74, 6) is 2.51. The van der Waals surface area contributed by atoms with Crippen molar-refractivity contribution >= 4 is 6.09 Å². The zero-order valence-corrected chi connectivity index (χ0v) is 22.2. The number of amides is 1. The van der Waals surface area contributed by atoms with E-state index in [1.165, 1.54) is 12.8 Å². The second-order valence-electron chi connectivity index (χ2n) is 10.8. The number of ether oxygens (including phenoxy) is 1. The first-order valence-electron chi connectivity index (χ1n) is 13.7. The van der Waals surface area contributed by atoms with Gasteiger partial charge in [0, 0.05) is 30.6 Å². The molecule has 7 nitrogen and oxygen atoms in total. The average molecular weight is 502 g/mol. The lowest BCUT2D eigenvalue weighted by Crippen LogP contribution is -2.45. The lowest BCUT2D eigenvalue weighted by Gasteiger charge is -2.40. The highest BCUT2D eigenvalue weighted by Gasteiger charge is 2.42. The summed E-state index contributed by atoms with van der Waals surface area (Å²) >= 11 is 0. The molecule has 2 aromatic carbocycles. The van der Waals surface area contributed by atoms with Crippen LogP contribution in [0.4, 0.5) is 4.79 Å². The van der Waals surface area contributed by atoms with Gasteiger partial charge < -0.3 is 14.6 Å². The lowest BCUT2D eigenvalue weighted by atomic mass is 9.95. The number of nitrogens with one attached hydrogen (secondary N) is 1. The quantitative estimate of drug-likeness (QED) is 0.393. The van der Waals surface area contributed by atoms with Gasteiger partial charge in [0.25, 0.3) is 0 Å². The van der Waals surface area contributed by atoms with E-state index in [2.05, 4.69) is 57.9 Å². The van der Waals surface area contributed by atoms with E-state index in [1.54, 1.807) is 0 Å². The summed E-state index contributed by atoms with van der Waals surface area (Å²) in [6.45, 7) is 7.71. The van der Waals surface area contributed by atoms with Gasteiger partial charge in [0.15, 0.2) is 0 Å². The molecular weight excluding hydrogens is 462 g/mol. The summed E-state index contributed by atoms with van der Waals surface area (Å²) in [6, 6.07) is 21.6. The summed E-state index contributed by atoms with van der Waals surface area (Å²) in [6.07, 6.45) is 5.23. The molecule has 1 unspecified atom stereocenters. The van der Waals surface area contributed by atoms with Crippen LogP contribution in [0.1, 0.15) is 86.7 Å². The van der Waals surface area contributed by atoms with E-state index in [0.717, 1.165) is 48.6 Å². The molecule has 2 saturated heterocycles. The second-order valence-corrected chi connectivity index (χ2v) is 10.8. The Morgan fingerprint density at radius 3 is 2.27 bits per heavy atom. The fourth-order valence-corrected chi connectivity index (χ4v) is 6.24. The van der Waals surface area contributed by atoms with Gasteiger partial charge in [0.05, 0.1) is 6.04 Å². The molecule has 1 amide bonds. The molecule has 37 heavy (non-hydrogen) atoms. The van der Waals surface area contributed by atoms with Crippen molar-refractivity contribution in [2.75, 3.05) is 6.54 Å². The first-order valence-corrected chi connectivity index (χ1v) is 13.7. The van der Waals surface area contributed by atoms with Crippen LogP contribution >= 0.6 is 0 Å². The molecule has 2 aliphatic heterocycles. The maximum absolute atomic E-state index is 12.7. The number of aryl methyl sites for hydroxylation is 1. The molecule has 1 N–H and O–H groups in total. The number of rotatable bonds is 9. The van der Waals surface area contributed by atoms with Crippen LogP contribution in [0.3, 0.4) is 0 Å². The van der Waals surface area contributed by atoms with Gasteiger partial charge in [-0.3, -0.25) is 4.90 Å². The van der Waals surface area contributed by atoms with E-state index in [-0.39, 0.29) is 18.7 Å². The lowest BCUT2D eigenvalue weighted by molar-refractivity contribution is 0.0976. The van der Waals surface area contributed by atoms with Crippen LogP contribution in [0.15, 0.2) is 60.7 Å². The minimum absolute atomic E-state index is 0.0887. The highest BCUT2D eigenvalue weighted by molar-refractivity contribution is 5.68. The largest absolute Gasteiger partial charge is 0.445 e. The van der Waals surface area contributed by atoms with Crippen molar-refractivity contribution in [2.24, 2.45) is 0 Å².